The molecule has 0 bridgehead atoms. The molecule has 0 amide bonds. The highest BCUT2D eigenvalue weighted by molar-refractivity contribution is 8.00. The average Bonchev–Trinajstić information content (AvgIpc) is 2.36. The number of Topliss-reactive ketones (excluding diaryl/α,β-unsaturated/α-hetero) is 1. The molecule has 1 heterocycles. The van der Waals surface area contributed by atoms with Crippen LogP contribution in [0.5, 0.6) is 0 Å². The van der Waals surface area contributed by atoms with Crippen LogP contribution in [-0.4, -0.2) is 16.5 Å². The van der Waals surface area contributed by atoms with Crippen molar-refractivity contribution in [2.75, 3.05) is 11.5 Å². The lowest BCUT2D eigenvalue weighted by Crippen LogP contribution is -2.06. The van der Waals surface area contributed by atoms with Crippen LogP contribution in [0.25, 0.3) is 0 Å². The first-order valence-electron chi connectivity index (χ1n) is 6.05. The van der Waals surface area contributed by atoms with Crippen molar-refractivity contribution in [1.82, 2.24) is 4.98 Å². The third-order valence-electron chi connectivity index (χ3n) is 2.64. The van der Waals surface area contributed by atoms with Crippen molar-refractivity contribution < 1.29 is 4.79 Å². The number of hydrogen-bond acceptors (Lipinski definition) is 4. The molecule has 0 unspecified atom stereocenters. The van der Waals surface area contributed by atoms with Crippen LogP contribution in [0.1, 0.15) is 11.1 Å². The summed E-state index contributed by atoms with van der Waals surface area (Å²) < 4.78 is 0. The van der Waals surface area contributed by atoms with E-state index in [1.807, 2.05) is 31.2 Å². The van der Waals surface area contributed by atoms with E-state index < -0.39 is 0 Å². The molecule has 2 rings (SSSR count). The number of thioether (sulfide) groups is 1. The van der Waals surface area contributed by atoms with Crippen LogP contribution in [0.3, 0.4) is 0 Å². The van der Waals surface area contributed by atoms with Gasteiger partial charge in [0.15, 0.2) is 0 Å². The quantitative estimate of drug-likeness (QED) is 0.850. The Hall–Kier alpha value is -1.81. The number of aromatic nitrogens is 1. The number of anilines is 1. The zero-order valence-electron chi connectivity index (χ0n) is 10.8. The predicted molar refractivity (Wildman–Crippen MR) is 79.3 cm³/mol. The van der Waals surface area contributed by atoms with E-state index in [4.69, 9.17) is 5.73 Å². The molecule has 98 valence electrons. The molecule has 19 heavy (non-hydrogen) atoms. The van der Waals surface area contributed by atoms with Gasteiger partial charge in [-0.05, 0) is 36.8 Å². The Kier molecular flexibility index (Phi) is 4.58. The van der Waals surface area contributed by atoms with Crippen molar-refractivity contribution in [2.24, 2.45) is 0 Å². The molecule has 0 aliphatic heterocycles. The van der Waals surface area contributed by atoms with E-state index >= 15 is 0 Å². The number of nitrogens with zero attached hydrogens (tertiary/aromatic N) is 1. The molecule has 0 atom stereocenters. The third kappa shape index (κ3) is 4.41. The number of nitrogen functional groups attached to an aromatic ring is 1. The molecule has 2 aromatic rings. The lowest BCUT2D eigenvalue weighted by Gasteiger charge is -2.03. The van der Waals surface area contributed by atoms with E-state index in [-0.39, 0.29) is 5.78 Å². The number of hydrogen-bond donors (Lipinski definition) is 1. The normalized spacial score (nSPS) is 10.4. The Morgan fingerprint density at radius 2 is 2.16 bits per heavy atom. The van der Waals surface area contributed by atoms with E-state index in [2.05, 4.69) is 11.1 Å². The first kappa shape index (κ1) is 13.6. The molecule has 0 fully saturated rings. The van der Waals surface area contributed by atoms with Gasteiger partial charge in [-0.3, -0.25) is 4.79 Å². The van der Waals surface area contributed by atoms with E-state index in [0.717, 1.165) is 10.5 Å². The summed E-state index contributed by atoms with van der Waals surface area (Å²) in [5, 5.41) is 0. The molecule has 0 aliphatic carbocycles. The molecule has 1 aromatic carbocycles. The first-order valence-corrected chi connectivity index (χ1v) is 7.03. The summed E-state index contributed by atoms with van der Waals surface area (Å²) in [7, 11) is 0. The number of carbonyl (C=O) groups is 1. The Morgan fingerprint density at radius 3 is 2.89 bits per heavy atom. The van der Waals surface area contributed by atoms with Crippen LogP contribution >= 0.6 is 11.8 Å². The average molecular weight is 272 g/mol. The van der Waals surface area contributed by atoms with E-state index in [1.54, 1.807) is 24.0 Å². The summed E-state index contributed by atoms with van der Waals surface area (Å²) in [6.07, 6.45) is 2.04. The molecule has 0 spiro atoms. The highest BCUT2D eigenvalue weighted by atomic mass is 32.2. The van der Waals surface area contributed by atoms with Gasteiger partial charge in [0.25, 0.3) is 0 Å². The number of rotatable bonds is 5. The van der Waals surface area contributed by atoms with Crippen LogP contribution in [0, 0.1) is 6.92 Å². The number of nitrogens with two attached hydrogens (primary N) is 1. The lowest BCUT2D eigenvalue weighted by atomic mass is 10.1. The molecule has 0 saturated heterocycles. The summed E-state index contributed by atoms with van der Waals surface area (Å²) in [6, 6.07) is 11.7. The van der Waals surface area contributed by atoms with Gasteiger partial charge in [0, 0.05) is 17.5 Å². The minimum Gasteiger partial charge on any atom is -0.384 e. The zero-order chi connectivity index (χ0) is 13.7. The first-order chi connectivity index (χ1) is 9.13. The van der Waals surface area contributed by atoms with Crippen molar-refractivity contribution in [3.63, 3.8) is 0 Å². The molecule has 4 heteroatoms. The van der Waals surface area contributed by atoms with Crippen LogP contribution in [0.15, 0.2) is 47.5 Å². The maximum atomic E-state index is 11.9. The fourth-order valence-electron chi connectivity index (χ4n) is 1.75. The van der Waals surface area contributed by atoms with Gasteiger partial charge in [-0.2, -0.15) is 0 Å². The van der Waals surface area contributed by atoms with E-state index in [0.29, 0.717) is 18.0 Å². The van der Waals surface area contributed by atoms with Crippen LogP contribution in [0.2, 0.25) is 0 Å². The second-order valence-corrected chi connectivity index (χ2v) is 5.46. The Labute approximate surface area is 117 Å². The Morgan fingerprint density at radius 1 is 1.32 bits per heavy atom. The molecule has 2 N–H and O–H groups in total. The molecular weight excluding hydrogens is 256 g/mol. The molecule has 0 aliphatic rings. The number of carbonyl (C=O) groups excluding carboxylic acids is 1. The minimum atomic E-state index is 0.192. The second kappa shape index (κ2) is 6.38. The molecule has 0 saturated carbocycles. The minimum absolute atomic E-state index is 0.192. The Bertz CT molecular complexity index is 584. The number of pyridine rings is 1. The van der Waals surface area contributed by atoms with Gasteiger partial charge >= 0.3 is 0 Å². The van der Waals surface area contributed by atoms with Gasteiger partial charge < -0.3 is 5.73 Å². The summed E-state index contributed by atoms with van der Waals surface area (Å²) >= 11 is 1.57. The SMILES string of the molecule is Cc1cccc(SCC(=O)Cc2ccnc(N)c2)c1. The standard InChI is InChI=1S/C15H16N2OS/c1-11-3-2-4-14(7-11)19-10-13(18)8-12-5-6-17-15(16)9-12/h2-7,9H,8,10H2,1H3,(H2,16,17). The monoisotopic (exact) mass is 272 g/mol. The molecule has 0 radical (unpaired) electrons. The van der Waals surface area contributed by atoms with Gasteiger partial charge in [0.1, 0.15) is 11.6 Å². The number of aryl methyl sites for hydroxylation is 1. The number of ketones is 1. The highest BCUT2D eigenvalue weighted by Crippen LogP contribution is 2.19. The van der Waals surface area contributed by atoms with Crippen LogP contribution in [0.4, 0.5) is 5.82 Å². The largest absolute Gasteiger partial charge is 0.384 e. The summed E-state index contributed by atoms with van der Waals surface area (Å²) in [4.78, 5) is 16.9. The van der Waals surface area contributed by atoms with Gasteiger partial charge in [0.2, 0.25) is 0 Å². The topological polar surface area (TPSA) is 56.0 Å². The highest BCUT2D eigenvalue weighted by Gasteiger charge is 2.05. The maximum Gasteiger partial charge on any atom is 0.147 e. The molecular formula is C15H16N2OS. The van der Waals surface area contributed by atoms with Crippen LogP contribution < -0.4 is 5.73 Å². The van der Waals surface area contributed by atoms with Crippen LogP contribution in [-0.2, 0) is 11.2 Å². The fourth-order valence-corrected chi connectivity index (χ4v) is 2.63. The van der Waals surface area contributed by atoms with Crippen molar-refractivity contribution in [3.8, 4) is 0 Å². The van der Waals surface area contributed by atoms with Crippen molar-refractivity contribution >= 4 is 23.4 Å². The van der Waals surface area contributed by atoms with Gasteiger partial charge in [0.05, 0.1) is 5.75 Å². The third-order valence-corrected chi connectivity index (χ3v) is 3.69. The Balaban J connectivity index is 1.88. The lowest BCUT2D eigenvalue weighted by molar-refractivity contribution is -0.116. The van der Waals surface area contributed by atoms with Crippen molar-refractivity contribution in [1.29, 1.82) is 0 Å². The zero-order valence-corrected chi connectivity index (χ0v) is 11.6. The second-order valence-electron chi connectivity index (χ2n) is 4.41. The summed E-state index contributed by atoms with van der Waals surface area (Å²) in [5.41, 5.74) is 7.71. The van der Waals surface area contributed by atoms with Gasteiger partial charge in [-0.25, -0.2) is 4.98 Å². The van der Waals surface area contributed by atoms with E-state index in [1.165, 1.54) is 5.56 Å². The van der Waals surface area contributed by atoms with Crippen molar-refractivity contribution in [2.45, 2.75) is 18.2 Å². The predicted octanol–water partition coefficient (Wildman–Crippen LogP) is 2.88. The van der Waals surface area contributed by atoms with Gasteiger partial charge in [-0.1, -0.05) is 17.7 Å². The smallest absolute Gasteiger partial charge is 0.147 e. The summed E-state index contributed by atoms with van der Waals surface area (Å²) in [6.45, 7) is 2.05. The van der Waals surface area contributed by atoms with E-state index in [9.17, 15) is 4.79 Å². The maximum absolute atomic E-state index is 11.9. The van der Waals surface area contributed by atoms with Crippen molar-refractivity contribution in [3.05, 3.63) is 53.7 Å². The van der Waals surface area contributed by atoms with Gasteiger partial charge in [-0.15, -0.1) is 11.8 Å². The fraction of sp³-hybridized carbons (Fsp3) is 0.200. The number of benzene rings is 1. The molecule has 1 aromatic heterocycles. The summed E-state index contributed by atoms with van der Waals surface area (Å²) in [5.74, 6) is 1.12. The molecule has 3 nitrogen and oxygen atoms in total.